The van der Waals surface area contributed by atoms with Gasteiger partial charge in [-0.3, -0.25) is 19.3 Å². The Kier molecular flexibility index (Phi) is 16.1. The molecule has 17 heteroatoms. The maximum Gasteiger partial charge on any atom is 0.356 e. The zero-order chi connectivity index (χ0) is 50.3. The highest BCUT2D eigenvalue weighted by Crippen LogP contribution is 2.55. The minimum atomic E-state index is -1.10. The molecule has 5 N–H and O–H groups in total. The third-order valence-corrected chi connectivity index (χ3v) is 16.5. The highest BCUT2D eigenvalue weighted by atomic mass is 28.3. The fraction of sp³-hybridized carbons (Fsp3) is 0.519. The number of H-pyrrole nitrogens is 1. The highest BCUT2D eigenvalue weighted by Gasteiger charge is 2.47. The number of anilines is 2. The van der Waals surface area contributed by atoms with Crippen molar-refractivity contribution in [2.75, 3.05) is 58.9 Å². The first kappa shape index (κ1) is 51.5. The fourth-order valence-electron chi connectivity index (χ4n) is 10.0. The summed E-state index contributed by atoms with van der Waals surface area (Å²) in [6.45, 7) is 10.1. The number of nitrogen functional groups attached to an aromatic ring is 1. The lowest BCUT2D eigenvalue weighted by atomic mass is 9.84. The van der Waals surface area contributed by atoms with Gasteiger partial charge in [0, 0.05) is 49.6 Å². The Hall–Kier alpha value is -5.88. The van der Waals surface area contributed by atoms with Crippen molar-refractivity contribution in [1.82, 2.24) is 49.3 Å². The average Bonchev–Trinajstić information content (AvgIpc) is 3.93. The van der Waals surface area contributed by atoms with Gasteiger partial charge in [0.05, 0.1) is 35.9 Å². The summed E-state index contributed by atoms with van der Waals surface area (Å²) in [5.41, 5.74) is 15.6. The van der Waals surface area contributed by atoms with Crippen LogP contribution in [-0.2, 0) is 37.2 Å². The molecule has 2 saturated carbocycles. The van der Waals surface area contributed by atoms with E-state index in [0.717, 1.165) is 93.2 Å². The van der Waals surface area contributed by atoms with Gasteiger partial charge in [-0.25, -0.2) is 9.48 Å². The van der Waals surface area contributed by atoms with Crippen LogP contribution in [0.1, 0.15) is 118 Å². The molecule has 2 fully saturated rings. The molecule has 71 heavy (non-hydrogen) atoms. The maximum absolute atomic E-state index is 13.0. The Labute approximate surface area is 420 Å². The predicted molar refractivity (Wildman–Crippen MR) is 282 cm³/mol. The molecule has 0 aliphatic heterocycles. The van der Waals surface area contributed by atoms with Crippen molar-refractivity contribution in [3.8, 4) is 0 Å². The molecule has 4 aliphatic rings. The van der Waals surface area contributed by atoms with E-state index in [1.807, 2.05) is 38.6 Å². The minimum Gasteiger partial charge on any atom is -0.476 e. The zero-order valence-electron chi connectivity index (χ0n) is 43.0. The van der Waals surface area contributed by atoms with Crippen LogP contribution < -0.4 is 11.1 Å². The van der Waals surface area contributed by atoms with E-state index in [4.69, 9.17) is 10.5 Å². The smallest absolute Gasteiger partial charge is 0.356 e. The molecule has 2 spiro atoms. The number of amides is 1. The molecule has 4 aromatic heterocycles. The Morgan fingerprint density at radius 1 is 0.789 bits per heavy atom. The molecule has 2 unspecified atom stereocenters. The standard InChI is InChI=1S/C24H30N6O.C16H26N2O3Si.C14H20N4/c1-29(2)13-9-21(17-6-4-3-5-7-17)30-16-18(15-25-30)26-23(31)22-19-8-10-24(11-12-24)14-20(19)27-28-22;1-22(2,3)9-8-21-11-18-13-10-16(6-7-16)5-4-12(13)14(17-18)15(19)20;1-17(2)9-8-14(12-6-4-3-5-7-12)18-11-13(15)10-16-18/h3-7,15-16,21H,8-14H2,1-2H3,(H,26,31)(H,27,28);4-11H2,1-3H3,(H,19,20);3-7,10-11,14H,8-9,15H2,1-2H3. The van der Waals surface area contributed by atoms with Crippen LogP contribution in [0.2, 0.25) is 25.7 Å². The number of carboxylic acids is 1. The number of aromatic amines is 1. The molecular weight excluding hydrogens is 909 g/mol. The topological polar surface area (TPSA) is 190 Å². The molecule has 16 nitrogen and oxygen atoms in total. The number of rotatable bonds is 18. The number of nitrogens with two attached hydrogens (primary N) is 1. The summed E-state index contributed by atoms with van der Waals surface area (Å²) in [5, 5.41) is 33.1. The molecule has 0 saturated heterocycles. The first-order valence-corrected chi connectivity index (χ1v) is 29.2. The van der Waals surface area contributed by atoms with Crippen LogP contribution in [0.4, 0.5) is 11.4 Å². The summed E-state index contributed by atoms with van der Waals surface area (Å²) in [6.07, 6.45) is 20.4. The van der Waals surface area contributed by atoms with Crippen molar-refractivity contribution < 1.29 is 19.4 Å². The number of nitrogens with zero attached hydrogens (tertiary/aromatic N) is 9. The van der Waals surface area contributed by atoms with E-state index in [1.54, 1.807) is 12.4 Å². The van der Waals surface area contributed by atoms with E-state index in [0.29, 0.717) is 34.6 Å². The summed E-state index contributed by atoms with van der Waals surface area (Å²) in [7, 11) is 7.22. The molecule has 10 rings (SSSR count). The van der Waals surface area contributed by atoms with E-state index < -0.39 is 14.0 Å². The van der Waals surface area contributed by atoms with E-state index >= 15 is 0 Å². The fourth-order valence-corrected chi connectivity index (χ4v) is 10.8. The van der Waals surface area contributed by atoms with Crippen LogP contribution in [0, 0.1) is 10.8 Å². The van der Waals surface area contributed by atoms with Crippen LogP contribution in [0.3, 0.4) is 0 Å². The summed E-state index contributed by atoms with van der Waals surface area (Å²) >= 11 is 0. The lowest BCUT2D eigenvalue weighted by Gasteiger charge is -2.23. The number of carbonyl (C=O) groups excluding carboxylic acids is 1. The Morgan fingerprint density at radius 3 is 1.89 bits per heavy atom. The van der Waals surface area contributed by atoms with Crippen molar-refractivity contribution in [3.05, 3.63) is 130 Å². The molecule has 0 radical (unpaired) electrons. The lowest BCUT2D eigenvalue weighted by molar-refractivity contribution is 0.0667. The van der Waals surface area contributed by atoms with Gasteiger partial charge < -0.3 is 30.7 Å². The van der Waals surface area contributed by atoms with Crippen LogP contribution in [0.5, 0.6) is 0 Å². The number of aromatic nitrogens is 8. The van der Waals surface area contributed by atoms with Gasteiger partial charge in [-0.05, 0) is 146 Å². The number of fused-ring (bicyclic) bond motifs is 2. The van der Waals surface area contributed by atoms with Crippen LogP contribution >= 0.6 is 0 Å². The van der Waals surface area contributed by atoms with Gasteiger partial charge in [0.1, 0.15) is 6.73 Å². The molecule has 4 heterocycles. The molecule has 2 aromatic carbocycles. The first-order chi connectivity index (χ1) is 34.0. The van der Waals surface area contributed by atoms with Crippen molar-refractivity contribution in [2.24, 2.45) is 10.8 Å². The highest BCUT2D eigenvalue weighted by molar-refractivity contribution is 6.76. The summed E-state index contributed by atoms with van der Waals surface area (Å²) in [4.78, 5) is 28.7. The second-order valence-electron chi connectivity index (χ2n) is 22.3. The van der Waals surface area contributed by atoms with Gasteiger partial charge in [-0.15, -0.1) is 0 Å². The van der Waals surface area contributed by atoms with Gasteiger partial charge in [0.15, 0.2) is 11.4 Å². The van der Waals surface area contributed by atoms with E-state index in [-0.39, 0.29) is 23.7 Å². The lowest BCUT2D eigenvalue weighted by Crippen LogP contribution is -2.23. The number of carboxylic acid groups (broad SMARTS) is 1. The molecule has 380 valence electrons. The average molecular weight is 985 g/mol. The van der Waals surface area contributed by atoms with Crippen LogP contribution in [-0.4, -0.2) is 122 Å². The van der Waals surface area contributed by atoms with Gasteiger partial charge in [-0.1, -0.05) is 80.3 Å². The van der Waals surface area contributed by atoms with Gasteiger partial charge in [-0.2, -0.15) is 20.4 Å². The van der Waals surface area contributed by atoms with Crippen molar-refractivity contribution in [1.29, 1.82) is 0 Å². The third-order valence-electron chi connectivity index (χ3n) is 14.8. The Morgan fingerprint density at radius 2 is 1.35 bits per heavy atom. The van der Waals surface area contributed by atoms with Crippen LogP contribution in [0.15, 0.2) is 85.5 Å². The monoisotopic (exact) mass is 985 g/mol. The Bertz CT molecular complexity index is 2690. The van der Waals surface area contributed by atoms with Crippen molar-refractivity contribution >= 4 is 31.3 Å². The zero-order valence-corrected chi connectivity index (χ0v) is 44.0. The quantitative estimate of drug-likeness (QED) is 0.0476. The number of nitrogens with one attached hydrogen (secondary N) is 2. The maximum atomic E-state index is 13.0. The van der Waals surface area contributed by atoms with E-state index in [9.17, 15) is 14.7 Å². The van der Waals surface area contributed by atoms with Crippen molar-refractivity contribution in [2.45, 2.75) is 122 Å². The second-order valence-corrected chi connectivity index (χ2v) is 27.9. The number of benzene rings is 2. The summed E-state index contributed by atoms with van der Waals surface area (Å²) in [5.74, 6) is -1.07. The number of aromatic carboxylic acids is 1. The number of hydrogen-bond acceptors (Lipinski definition) is 10. The van der Waals surface area contributed by atoms with Gasteiger partial charge in [0.2, 0.25) is 0 Å². The molecule has 6 aromatic rings. The van der Waals surface area contributed by atoms with Gasteiger partial charge in [0.25, 0.3) is 5.91 Å². The third kappa shape index (κ3) is 13.6. The predicted octanol–water partition coefficient (Wildman–Crippen LogP) is 8.84. The minimum absolute atomic E-state index is 0.113. The second kappa shape index (κ2) is 22.3. The first-order valence-electron chi connectivity index (χ1n) is 25.5. The van der Waals surface area contributed by atoms with Crippen molar-refractivity contribution in [3.63, 3.8) is 0 Å². The molecule has 2 atom stereocenters. The summed E-state index contributed by atoms with van der Waals surface area (Å²) < 4.78 is 11.5. The number of hydrogen-bond donors (Lipinski definition) is 4. The SMILES string of the molecule is CN(C)CCC(c1ccccc1)n1cc(N)cn1.CN(C)CCC(c1ccccc1)n1cc(NC(=O)c2n[nH]c3c2CCC2(CC2)C3)cn1.C[Si](C)(C)CCOCn1nc(C(=O)O)c2c1CC1(CC2)CC1. The van der Waals surface area contributed by atoms with Gasteiger partial charge >= 0.3 is 5.97 Å². The molecule has 0 bridgehead atoms. The normalized spacial score (nSPS) is 16.9. The number of carbonyl (C=O) groups is 2. The van der Waals surface area contributed by atoms with E-state index in [2.05, 4.69) is 137 Å². The molecule has 4 aliphatic carbocycles. The molecular formula is C54H76N12O4Si. The molecule has 1 amide bonds. The largest absolute Gasteiger partial charge is 0.476 e. The van der Waals surface area contributed by atoms with E-state index in [1.165, 1.54) is 43.2 Å². The van der Waals surface area contributed by atoms with Crippen LogP contribution in [0.25, 0.3) is 0 Å². The number of ether oxygens (including phenoxy) is 1. The summed E-state index contributed by atoms with van der Waals surface area (Å²) in [6, 6.07) is 22.3. The Balaban J connectivity index is 0.000000149.